The number of carboxylic acid groups (broad SMARTS) is 1. The molecular weight excluding hydrogens is 497 g/mol. The van der Waals surface area contributed by atoms with E-state index in [0.29, 0.717) is 33.8 Å². The van der Waals surface area contributed by atoms with Gasteiger partial charge < -0.3 is 24.9 Å². The van der Waals surface area contributed by atoms with Gasteiger partial charge in [0.2, 0.25) is 5.95 Å². The molecule has 0 saturated carbocycles. The molecule has 15 heteroatoms. The number of fused-ring (bicyclic) bond motifs is 1. The molecule has 0 atom stereocenters. The van der Waals surface area contributed by atoms with Gasteiger partial charge in [0.1, 0.15) is 12.4 Å². The summed E-state index contributed by atoms with van der Waals surface area (Å²) in [5.74, 6) is -3.53. The van der Waals surface area contributed by atoms with E-state index in [2.05, 4.69) is 25.6 Å². The van der Waals surface area contributed by atoms with E-state index in [1.807, 2.05) is 0 Å². The lowest BCUT2D eigenvalue weighted by Gasteiger charge is -2.11. The average molecular weight is 513 g/mol. The van der Waals surface area contributed by atoms with Crippen molar-refractivity contribution in [3.05, 3.63) is 64.5 Å². The molecule has 0 unspecified atom stereocenters. The summed E-state index contributed by atoms with van der Waals surface area (Å²) in [7, 11) is 1.47. The number of methoxy groups -OCH3 is 1. The van der Waals surface area contributed by atoms with Crippen molar-refractivity contribution in [1.82, 2.24) is 15.0 Å². The van der Waals surface area contributed by atoms with Gasteiger partial charge in [-0.05, 0) is 35.9 Å². The first kappa shape index (κ1) is 25.9. The number of nitrogens with zero attached hydrogens (tertiary/aromatic N) is 2. The summed E-state index contributed by atoms with van der Waals surface area (Å²) in [6.07, 6.45) is -4.08. The van der Waals surface area contributed by atoms with Crippen LogP contribution in [0.3, 0.4) is 0 Å². The van der Waals surface area contributed by atoms with Gasteiger partial charge >= 0.3 is 17.9 Å². The monoisotopic (exact) mass is 513 g/mol. The molecule has 2 heterocycles. The Kier molecular flexibility index (Phi) is 7.71. The summed E-state index contributed by atoms with van der Waals surface area (Å²) >= 11 is 0. The highest BCUT2D eigenvalue weighted by atomic mass is 19.4. The summed E-state index contributed by atoms with van der Waals surface area (Å²) in [5.41, 5.74) is 2.23. The second kappa shape index (κ2) is 10.7. The van der Waals surface area contributed by atoms with Gasteiger partial charge in [0.25, 0.3) is 0 Å². The fourth-order valence-electron chi connectivity index (χ4n) is 2.74. The predicted molar refractivity (Wildman–Crippen MR) is 117 cm³/mol. The molecule has 4 rings (SSSR count). The van der Waals surface area contributed by atoms with Crippen molar-refractivity contribution in [3.8, 4) is 5.75 Å². The van der Waals surface area contributed by atoms with Gasteiger partial charge in [-0.3, -0.25) is 4.98 Å². The second-order valence-corrected chi connectivity index (χ2v) is 6.87. The van der Waals surface area contributed by atoms with Gasteiger partial charge in [0, 0.05) is 17.4 Å². The van der Waals surface area contributed by atoms with Gasteiger partial charge in [-0.2, -0.15) is 18.2 Å². The fraction of sp³-hybridized carbons (Fsp3) is 0.143. The Morgan fingerprint density at radius 2 is 1.89 bits per heavy atom. The van der Waals surface area contributed by atoms with Crippen molar-refractivity contribution in [2.45, 2.75) is 12.9 Å². The average Bonchev–Trinajstić information content (AvgIpc) is 3.20. The van der Waals surface area contributed by atoms with Gasteiger partial charge in [0.15, 0.2) is 17.2 Å². The summed E-state index contributed by atoms with van der Waals surface area (Å²) in [6, 6.07) is 9.56. The van der Waals surface area contributed by atoms with Crippen molar-refractivity contribution in [2.75, 3.05) is 17.7 Å². The third kappa shape index (κ3) is 6.68. The highest BCUT2D eigenvalue weighted by molar-refractivity contribution is 5.78. The zero-order valence-corrected chi connectivity index (χ0v) is 18.1. The number of hydrogen-bond acceptors (Lipinski definition) is 8. The Hall–Kier alpha value is -4.69. The molecular formula is C21H16F5N5O5. The Morgan fingerprint density at radius 1 is 1.17 bits per heavy atom. The van der Waals surface area contributed by atoms with Crippen molar-refractivity contribution < 1.29 is 41.0 Å². The minimum atomic E-state index is -5.08. The Morgan fingerprint density at radius 3 is 2.53 bits per heavy atom. The number of carboxylic acids is 1. The van der Waals surface area contributed by atoms with E-state index < -0.39 is 30.4 Å². The number of hydrogen-bond donors (Lipinski definition) is 4. The zero-order valence-electron chi connectivity index (χ0n) is 18.1. The molecule has 0 fully saturated rings. The maximum absolute atomic E-state index is 14.2. The van der Waals surface area contributed by atoms with Gasteiger partial charge in [-0.1, -0.05) is 0 Å². The molecule has 0 aliphatic heterocycles. The van der Waals surface area contributed by atoms with E-state index >= 15 is 0 Å². The molecule has 36 heavy (non-hydrogen) atoms. The first-order valence-electron chi connectivity index (χ1n) is 9.72. The first-order chi connectivity index (χ1) is 17.0. The van der Waals surface area contributed by atoms with E-state index in [-0.39, 0.29) is 11.8 Å². The van der Waals surface area contributed by atoms with Crippen LogP contribution in [0.1, 0.15) is 5.56 Å². The lowest BCUT2D eigenvalue weighted by atomic mass is 10.2. The van der Waals surface area contributed by atoms with Gasteiger partial charge in [-0.15, -0.1) is 0 Å². The maximum Gasteiger partial charge on any atom is 0.490 e. The Balaban J connectivity index is 0.000000454. The number of rotatable bonds is 6. The number of alkyl halides is 4. The zero-order chi connectivity index (χ0) is 26.5. The van der Waals surface area contributed by atoms with Crippen LogP contribution in [0.5, 0.6) is 5.75 Å². The van der Waals surface area contributed by atoms with Crippen LogP contribution in [0.4, 0.5) is 45.1 Å². The van der Waals surface area contributed by atoms with Crippen LogP contribution >= 0.6 is 0 Å². The summed E-state index contributed by atoms with van der Waals surface area (Å²) in [6.45, 7) is -0.665. The van der Waals surface area contributed by atoms with Crippen LogP contribution in [0.25, 0.3) is 11.1 Å². The van der Waals surface area contributed by atoms with Crippen molar-refractivity contribution in [2.24, 2.45) is 0 Å². The first-order valence-corrected chi connectivity index (χ1v) is 9.72. The third-order valence-corrected chi connectivity index (χ3v) is 4.28. The number of anilines is 4. The van der Waals surface area contributed by atoms with E-state index in [1.165, 1.54) is 7.11 Å². The molecule has 0 radical (unpaired) electrons. The molecule has 190 valence electrons. The second-order valence-electron chi connectivity index (χ2n) is 6.87. The number of benzene rings is 2. The number of nitrogens with one attached hydrogen (secondary N) is 3. The molecule has 2 aromatic heterocycles. The molecule has 4 N–H and O–H groups in total. The smallest absolute Gasteiger partial charge is 0.490 e. The van der Waals surface area contributed by atoms with Crippen LogP contribution < -0.4 is 21.1 Å². The van der Waals surface area contributed by atoms with E-state index in [4.69, 9.17) is 19.1 Å². The number of halogens is 5. The lowest BCUT2D eigenvalue weighted by Crippen LogP contribution is -2.21. The normalized spacial score (nSPS) is 10.9. The number of aliphatic carboxylic acids is 1. The molecule has 0 aliphatic rings. The minimum absolute atomic E-state index is 0.0821. The van der Waals surface area contributed by atoms with Crippen molar-refractivity contribution >= 4 is 40.2 Å². The number of ether oxygens (including phenoxy) is 1. The Bertz CT molecular complexity index is 1410. The standard InChI is InChI=1S/C19H15F2N5O3.C2HF3O2/c1-28-13-5-10(8-20)4-12(6-13)24-18-22-9-14(21)17(26-18)23-11-2-3-16-15(7-11)25-19(27)29-16;3-2(4,5)1(6)7/h2-7,9H,8H2,1H3,(H,25,27)(H2,22,23,24,26);(H,6,7). The fourth-order valence-corrected chi connectivity index (χ4v) is 2.74. The Labute approximate surface area is 197 Å². The largest absolute Gasteiger partial charge is 0.497 e. The van der Waals surface area contributed by atoms with Gasteiger partial charge in [-0.25, -0.2) is 23.4 Å². The number of carbonyl (C=O) groups is 1. The molecule has 0 spiro atoms. The number of aromatic nitrogens is 3. The van der Waals surface area contributed by atoms with Crippen LogP contribution in [-0.2, 0) is 11.5 Å². The SMILES string of the molecule is COc1cc(CF)cc(Nc2ncc(F)c(Nc3ccc4oc(=O)[nH]c4c3)n2)c1.O=C(O)C(F)(F)F. The molecule has 0 bridgehead atoms. The number of H-pyrrole nitrogens is 1. The summed E-state index contributed by atoms with van der Waals surface area (Å²) in [4.78, 5) is 30.7. The molecule has 10 nitrogen and oxygen atoms in total. The highest BCUT2D eigenvalue weighted by Crippen LogP contribution is 2.26. The lowest BCUT2D eigenvalue weighted by molar-refractivity contribution is -0.192. The third-order valence-electron chi connectivity index (χ3n) is 4.28. The predicted octanol–water partition coefficient (Wildman–Crippen LogP) is 4.65. The maximum atomic E-state index is 14.2. The molecule has 0 saturated heterocycles. The number of aromatic amines is 1. The molecule has 4 aromatic rings. The van der Waals surface area contributed by atoms with Crippen LogP contribution in [0.15, 0.2) is 51.8 Å². The molecule has 0 aliphatic carbocycles. The quantitative estimate of drug-likeness (QED) is 0.271. The minimum Gasteiger partial charge on any atom is -0.497 e. The summed E-state index contributed by atoms with van der Waals surface area (Å²) in [5, 5.41) is 12.9. The van der Waals surface area contributed by atoms with E-state index in [9.17, 15) is 26.7 Å². The molecule has 0 amide bonds. The number of oxazole rings is 1. The van der Waals surface area contributed by atoms with Crippen LogP contribution in [-0.4, -0.2) is 39.3 Å². The van der Waals surface area contributed by atoms with Crippen molar-refractivity contribution in [3.63, 3.8) is 0 Å². The van der Waals surface area contributed by atoms with E-state index in [0.717, 1.165) is 6.20 Å². The van der Waals surface area contributed by atoms with Crippen LogP contribution in [0.2, 0.25) is 0 Å². The summed E-state index contributed by atoms with van der Waals surface area (Å²) < 4.78 is 69.0. The topological polar surface area (TPSA) is 142 Å². The highest BCUT2D eigenvalue weighted by Gasteiger charge is 2.38. The van der Waals surface area contributed by atoms with Crippen LogP contribution in [0, 0.1) is 5.82 Å². The van der Waals surface area contributed by atoms with Crippen molar-refractivity contribution in [1.29, 1.82) is 0 Å². The van der Waals surface area contributed by atoms with Gasteiger partial charge in [0.05, 0.1) is 18.8 Å². The van der Waals surface area contributed by atoms with E-state index in [1.54, 1.807) is 36.4 Å². The molecule has 2 aromatic carbocycles.